The van der Waals surface area contributed by atoms with Gasteiger partial charge in [0.1, 0.15) is 11.4 Å². The number of anilines is 1. The van der Waals surface area contributed by atoms with Crippen molar-refractivity contribution in [2.24, 2.45) is 5.92 Å². The lowest BCUT2D eigenvalue weighted by atomic mass is 9.96. The second-order valence-electron chi connectivity index (χ2n) is 9.26. The molecule has 2 atom stereocenters. The van der Waals surface area contributed by atoms with E-state index in [0.717, 1.165) is 69.0 Å². The van der Waals surface area contributed by atoms with E-state index in [0.29, 0.717) is 6.61 Å². The number of piperidine rings is 1. The van der Waals surface area contributed by atoms with Gasteiger partial charge in [0.2, 0.25) is 0 Å². The number of rotatable bonds is 14. The van der Waals surface area contributed by atoms with Gasteiger partial charge in [-0.15, -0.1) is 0 Å². The van der Waals surface area contributed by atoms with E-state index >= 15 is 0 Å². The number of nitrogens with one attached hydrogen (secondary N) is 1. The highest BCUT2D eigenvalue weighted by atomic mass is 16.5. The molecule has 31 heavy (non-hydrogen) atoms. The van der Waals surface area contributed by atoms with Crippen LogP contribution in [-0.2, 0) is 9.53 Å². The van der Waals surface area contributed by atoms with E-state index in [-0.39, 0.29) is 5.91 Å². The Bertz CT molecular complexity index is 634. The predicted octanol–water partition coefficient (Wildman–Crippen LogP) is 5.89. The van der Waals surface area contributed by atoms with Crippen molar-refractivity contribution in [2.75, 3.05) is 38.2 Å². The van der Waals surface area contributed by atoms with Crippen LogP contribution in [0.25, 0.3) is 0 Å². The summed E-state index contributed by atoms with van der Waals surface area (Å²) in [5.41, 5.74) is -0.00628. The van der Waals surface area contributed by atoms with Crippen molar-refractivity contribution in [3.05, 3.63) is 24.3 Å². The maximum atomic E-state index is 12.9. The van der Waals surface area contributed by atoms with Crippen molar-refractivity contribution in [1.29, 1.82) is 0 Å². The number of hydrogen-bond donors (Lipinski definition) is 1. The maximum absolute atomic E-state index is 12.9. The fourth-order valence-electron chi connectivity index (χ4n) is 4.16. The second-order valence-corrected chi connectivity index (χ2v) is 9.26. The predicted molar refractivity (Wildman–Crippen MR) is 129 cm³/mol. The van der Waals surface area contributed by atoms with Crippen molar-refractivity contribution in [1.82, 2.24) is 4.90 Å². The molecule has 1 aromatic rings. The van der Waals surface area contributed by atoms with Gasteiger partial charge >= 0.3 is 0 Å². The number of hydrogen-bond acceptors (Lipinski definition) is 4. The molecule has 1 saturated heterocycles. The first-order chi connectivity index (χ1) is 15.0. The Kier molecular flexibility index (Phi) is 11.4. The van der Waals surface area contributed by atoms with Crippen LogP contribution in [0.5, 0.6) is 5.75 Å². The lowest BCUT2D eigenvalue weighted by Crippen LogP contribution is -2.43. The Morgan fingerprint density at radius 2 is 1.90 bits per heavy atom. The number of benzene rings is 1. The molecule has 2 rings (SSSR count). The van der Waals surface area contributed by atoms with Crippen LogP contribution in [0.2, 0.25) is 0 Å². The normalized spacial score (nSPS) is 19.0. The molecule has 1 aliphatic rings. The van der Waals surface area contributed by atoms with Gasteiger partial charge in [0, 0.05) is 25.4 Å². The van der Waals surface area contributed by atoms with Crippen LogP contribution >= 0.6 is 0 Å². The van der Waals surface area contributed by atoms with Gasteiger partial charge in [-0.2, -0.15) is 0 Å². The Morgan fingerprint density at radius 1 is 1.13 bits per heavy atom. The molecule has 0 aliphatic carbocycles. The van der Waals surface area contributed by atoms with Gasteiger partial charge in [-0.05, 0) is 75.8 Å². The molecule has 1 heterocycles. The molecule has 0 aromatic heterocycles. The third-order valence-electron chi connectivity index (χ3n) is 6.10. The van der Waals surface area contributed by atoms with Gasteiger partial charge in [-0.3, -0.25) is 4.79 Å². The number of carbonyl (C=O) groups is 1. The largest absolute Gasteiger partial charge is 0.494 e. The first-order valence-corrected chi connectivity index (χ1v) is 12.4. The van der Waals surface area contributed by atoms with Crippen LogP contribution in [0.15, 0.2) is 24.3 Å². The zero-order valence-corrected chi connectivity index (χ0v) is 20.3. The highest BCUT2D eigenvalue weighted by Crippen LogP contribution is 2.24. The average molecular weight is 433 g/mol. The first-order valence-electron chi connectivity index (χ1n) is 12.4. The van der Waals surface area contributed by atoms with E-state index in [1.807, 2.05) is 31.2 Å². The van der Waals surface area contributed by atoms with E-state index in [4.69, 9.17) is 9.47 Å². The SMILES string of the molecule is CCCCC[C@@](C)(OCCC)C(=O)Nc1ccc(OCCCN2CCC[C@@H](C)C2)cc1. The molecule has 1 N–H and O–H groups in total. The number of ether oxygens (including phenoxy) is 2. The third-order valence-corrected chi connectivity index (χ3v) is 6.10. The molecular formula is C26H44N2O3. The lowest BCUT2D eigenvalue weighted by Gasteiger charge is -2.30. The van der Waals surface area contributed by atoms with E-state index in [9.17, 15) is 4.79 Å². The van der Waals surface area contributed by atoms with E-state index < -0.39 is 5.60 Å². The van der Waals surface area contributed by atoms with Gasteiger partial charge in [0.15, 0.2) is 0 Å². The molecule has 5 heteroatoms. The molecule has 176 valence electrons. The van der Waals surface area contributed by atoms with Crippen LogP contribution in [-0.4, -0.2) is 49.3 Å². The van der Waals surface area contributed by atoms with Crippen LogP contribution in [0.4, 0.5) is 5.69 Å². The summed E-state index contributed by atoms with van der Waals surface area (Å²) in [5.74, 6) is 1.60. The first kappa shape index (κ1) is 25.7. The highest BCUT2D eigenvalue weighted by Gasteiger charge is 2.33. The van der Waals surface area contributed by atoms with Crippen molar-refractivity contribution < 1.29 is 14.3 Å². The second kappa shape index (κ2) is 13.7. The molecule has 0 unspecified atom stereocenters. The molecule has 1 fully saturated rings. The Morgan fingerprint density at radius 3 is 2.58 bits per heavy atom. The molecule has 0 bridgehead atoms. The summed E-state index contributed by atoms with van der Waals surface area (Å²) in [7, 11) is 0. The van der Waals surface area contributed by atoms with Crippen LogP contribution in [0.3, 0.4) is 0 Å². The minimum absolute atomic E-state index is 0.0681. The van der Waals surface area contributed by atoms with Gasteiger partial charge in [0.25, 0.3) is 5.91 Å². The number of nitrogens with zero attached hydrogens (tertiary/aromatic N) is 1. The summed E-state index contributed by atoms with van der Waals surface area (Å²) in [5, 5.41) is 3.03. The minimum Gasteiger partial charge on any atom is -0.494 e. The number of amides is 1. The smallest absolute Gasteiger partial charge is 0.256 e. The molecule has 1 amide bonds. The Hall–Kier alpha value is -1.59. The van der Waals surface area contributed by atoms with Gasteiger partial charge in [0.05, 0.1) is 6.61 Å². The quantitative estimate of drug-likeness (QED) is 0.372. The summed E-state index contributed by atoms with van der Waals surface area (Å²) in [6, 6.07) is 7.68. The molecule has 0 saturated carbocycles. The van der Waals surface area contributed by atoms with E-state index in [1.54, 1.807) is 0 Å². The van der Waals surface area contributed by atoms with Gasteiger partial charge in [-0.25, -0.2) is 0 Å². The maximum Gasteiger partial charge on any atom is 0.256 e. The zero-order chi connectivity index (χ0) is 22.5. The summed E-state index contributed by atoms with van der Waals surface area (Å²) in [4.78, 5) is 15.5. The van der Waals surface area contributed by atoms with Crippen molar-refractivity contribution >= 4 is 11.6 Å². The zero-order valence-electron chi connectivity index (χ0n) is 20.3. The molecule has 1 aromatic carbocycles. The van der Waals surface area contributed by atoms with Crippen molar-refractivity contribution in [2.45, 2.75) is 84.7 Å². The van der Waals surface area contributed by atoms with Crippen LogP contribution in [0, 0.1) is 5.92 Å². The van der Waals surface area contributed by atoms with Crippen molar-refractivity contribution in [3.8, 4) is 5.75 Å². The van der Waals surface area contributed by atoms with Crippen LogP contribution < -0.4 is 10.1 Å². The molecular weight excluding hydrogens is 388 g/mol. The number of unbranched alkanes of at least 4 members (excludes halogenated alkanes) is 2. The molecule has 1 aliphatic heterocycles. The monoisotopic (exact) mass is 432 g/mol. The van der Waals surface area contributed by atoms with Gasteiger partial charge < -0.3 is 19.7 Å². The third kappa shape index (κ3) is 9.20. The molecule has 0 radical (unpaired) electrons. The fourth-order valence-corrected chi connectivity index (χ4v) is 4.16. The average Bonchev–Trinajstić information content (AvgIpc) is 2.76. The highest BCUT2D eigenvalue weighted by molar-refractivity contribution is 5.97. The van der Waals surface area contributed by atoms with E-state index in [2.05, 4.69) is 31.0 Å². The summed E-state index contributed by atoms with van der Waals surface area (Å²) in [6.45, 7) is 13.3. The number of likely N-dealkylation sites (tertiary alicyclic amines) is 1. The van der Waals surface area contributed by atoms with Gasteiger partial charge in [-0.1, -0.05) is 40.0 Å². The summed E-state index contributed by atoms with van der Waals surface area (Å²) < 4.78 is 11.9. The lowest BCUT2D eigenvalue weighted by molar-refractivity contribution is -0.140. The van der Waals surface area contributed by atoms with Crippen LogP contribution in [0.1, 0.15) is 79.1 Å². The molecule has 0 spiro atoms. The Balaban J connectivity index is 1.78. The molecule has 5 nitrogen and oxygen atoms in total. The summed E-state index contributed by atoms with van der Waals surface area (Å²) in [6.07, 6.45) is 8.59. The standard InChI is InChI=1S/C26H44N2O3/c1-5-7-8-16-26(4,31-19-6-2)25(29)27-23-12-14-24(15-13-23)30-20-10-18-28-17-9-11-22(3)21-28/h12-15,22H,5-11,16-21H2,1-4H3,(H,27,29)/t22-,26-/m1/s1. The topological polar surface area (TPSA) is 50.8 Å². The number of carbonyl (C=O) groups excluding carboxylic acids is 1. The minimum atomic E-state index is -0.785. The summed E-state index contributed by atoms with van der Waals surface area (Å²) >= 11 is 0. The van der Waals surface area contributed by atoms with E-state index in [1.165, 1.54) is 25.9 Å². The van der Waals surface area contributed by atoms with Crippen molar-refractivity contribution in [3.63, 3.8) is 0 Å². The fraction of sp³-hybridized carbons (Fsp3) is 0.731. The Labute approximate surface area is 189 Å².